The Labute approximate surface area is 222 Å². The molecule has 0 unspecified atom stereocenters. The van der Waals surface area contributed by atoms with Crippen molar-refractivity contribution in [2.24, 2.45) is 11.5 Å². The molecule has 3 aromatic rings. The smallest absolute Gasteiger partial charge is 0.475 e. The second kappa shape index (κ2) is 14.5. The topological polar surface area (TPSA) is 140 Å². The highest BCUT2D eigenvalue weighted by molar-refractivity contribution is 8.13. The number of amides is 1. The molecule has 0 aliphatic heterocycles. The number of rotatable bonds is 9. The number of carboxylic acids is 1. The van der Waals surface area contributed by atoms with Crippen LogP contribution >= 0.6 is 11.8 Å². The predicted octanol–water partition coefficient (Wildman–Crippen LogP) is 3.62. The SMILES string of the molecule is CN(C(=O)[C@@H](N)Cc1ccccc1)[C@@H](CCCN)C(=O)Sc1cnc2ccccc2c1.O=C(O)C(F)(F)F. The summed E-state index contributed by atoms with van der Waals surface area (Å²) in [5, 5.41) is 7.97. The van der Waals surface area contributed by atoms with Crippen LogP contribution in [0.3, 0.4) is 0 Å². The van der Waals surface area contributed by atoms with Gasteiger partial charge in [-0.15, -0.1) is 0 Å². The Hall–Kier alpha value is -3.48. The molecule has 204 valence electrons. The van der Waals surface area contributed by atoms with Gasteiger partial charge in [0.1, 0.15) is 6.04 Å². The second-order valence-corrected chi connectivity index (χ2v) is 9.36. The van der Waals surface area contributed by atoms with Crippen molar-refractivity contribution < 1.29 is 32.7 Å². The van der Waals surface area contributed by atoms with E-state index in [1.54, 1.807) is 13.2 Å². The van der Waals surface area contributed by atoms with Gasteiger partial charge in [-0.1, -0.05) is 48.5 Å². The summed E-state index contributed by atoms with van der Waals surface area (Å²) in [6, 6.07) is 18.0. The maximum absolute atomic E-state index is 13.1. The summed E-state index contributed by atoms with van der Waals surface area (Å²) >= 11 is 1.10. The van der Waals surface area contributed by atoms with Crippen LogP contribution in [0.15, 0.2) is 71.8 Å². The summed E-state index contributed by atoms with van der Waals surface area (Å²) in [4.78, 5) is 41.7. The van der Waals surface area contributed by atoms with Crippen LogP contribution in [-0.2, 0) is 20.8 Å². The number of hydrogen-bond donors (Lipinski definition) is 3. The van der Waals surface area contributed by atoms with Crippen molar-refractivity contribution in [1.82, 2.24) is 9.88 Å². The summed E-state index contributed by atoms with van der Waals surface area (Å²) in [5.74, 6) is -3.01. The average Bonchev–Trinajstić information content (AvgIpc) is 2.88. The van der Waals surface area contributed by atoms with Gasteiger partial charge in [-0.2, -0.15) is 13.2 Å². The number of carboxylic acid groups (broad SMARTS) is 1. The fourth-order valence-electron chi connectivity index (χ4n) is 3.44. The van der Waals surface area contributed by atoms with E-state index in [1.165, 1.54) is 4.90 Å². The molecular formula is C26H29F3N4O4S. The molecule has 38 heavy (non-hydrogen) atoms. The molecule has 0 spiro atoms. The normalized spacial score (nSPS) is 12.7. The molecule has 5 N–H and O–H groups in total. The molecule has 0 radical (unpaired) electrons. The Morgan fingerprint density at radius 2 is 1.68 bits per heavy atom. The van der Waals surface area contributed by atoms with E-state index in [-0.39, 0.29) is 11.0 Å². The molecule has 1 heterocycles. The average molecular weight is 551 g/mol. The van der Waals surface area contributed by atoms with Crippen molar-refractivity contribution in [3.8, 4) is 0 Å². The van der Waals surface area contributed by atoms with Gasteiger partial charge in [0.2, 0.25) is 11.0 Å². The first-order chi connectivity index (χ1) is 17.9. The summed E-state index contributed by atoms with van der Waals surface area (Å²) < 4.78 is 31.7. The lowest BCUT2D eigenvalue weighted by Crippen LogP contribution is -2.49. The van der Waals surface area contributed by atoms with E-state index in [1.807, 2.05) is 60.7 Å². The number of nitrogens with two attached hydrogens (primary N) is 2. The number of alkyl halides is 3. The minimum Gasteiger partial charge on any atom is -0.475 e. The van der Waals surface area contributed by atoms with E-state index in [0.717, 1.165) is 33.1 Å². The van der Waals surface area contributed by atoms with Crippen LogP contribution in [0.5, 0.6) is 0 Å². The zero-order valence-electron chi connectivity index (χ0n) is 20.6. The highest BCUT2D eigenvalue weighted by Crippen LogP contribution is 2.26. The molecule has 12 heteroatoms. The van der Waals surface area contributed by atoms with Gasteiger partial charge in [-0.25, -0.2) is 4.79 Å². The van der Waals surface area contributed by atoms with Crippen molar-refractivity contribution in [1.29, 1.82) is 0 Å². The van der Waals surface area contributed by atoms with E-state index in [0.29, 0.717) is 25.8 Å². The summed E-state index contributed by atoms with van der Waals surface area (Å²) in [6.45, 7) is 0.448. The lowest BCUT2D eigenvalue weighted by atomic mass is 10.0. The molecule has 2 atom stereocenters. The highest BCUT2D eigenvalue weighted by atomic mass is 32.2. The molecule has 0 aliphatic rings. The minimum absolute atomic E-state index is 0.117. The van der Waals surface area contributed by atoms with Gasteiger partial charge in [0.05, 0.1) is 11.6 Å². The number of aliphatic carboxylic acids is 1. The minimum atomic E-state index is -5.08. The van der Waals surface area contributed by atoms with Gasteiger partial charge in [0.25, 0.3) is 0 Å². The molecule has 2 aromatic carbocycles. The molecule has 1 aromatic heterocycles. The Morgan fingerprint density at radius 3 is 2.29 bits per heavy atom. The highest BCUT2D eigenvalue weighted by Gasteiger charge is 2.38. The fourth-order valence-corrected chi connectivity index (χ4v) is 4.38. The number of hydrogen-bond acceptors (Lipinski definition) is 7. The maximum atomic E-state index is 13.1. The number of benzene rings is 2. The van der Waals surface area contributed by atoms with E-state index in [2.05, 4.69) is 4.98 Å². The zero-order valence-corrected chi connectivity index (χ0v) is 21.4. The van der Waals surface area contributed by atoms with Crippen molar-refractivity contribution in [3.63, 3.8) is 0 Å². The number of halogens is 3. The maximum Gasteiger partial charge on any atom is 0.490 e. The van der Waals surface area contributed by atoms with Gasteiger partial charge in [-0.3, -0.25) is 14.6 Å². The Morgan fingerprint density at radius 1 is 1.08 bits per heavy atom. The molecule has 1 amide bonds. The monoisotopic (exact) mass is 550 g/mol. The van der Waals surface area contributed by atoms with Crippen LogP contribution in [0, 0.1) is 0 Å². The summed E-state index contributed by atoms with van der Waals surface area (Å²) in [6.07, 6.45) is -1.85. The lowest BCUT2D eigenvalue weighted by Gasteiger charge is -2.29. The van der Waals surface area contributed by atoms with Crippen molar-refractivity contribution in [2.75, 3.05) is 13.6 Å². The number of carbonyl (C=O) groups excluding carboxylic acids is 2. The van der Waals surface area contributed by atoms with Crippen LogP contribution in [0.2, 0.25) is 0 Å². The third kappa shape index (κ3) is 9.43. The predicted molar refractivity (Wildman–Crippen MR) is 139 cm³/mol. The van der Waals surface area contributed by atoms with Gasteiger partial charge in [-0.05, 0) is 55.3 Å². The van der Waals surface area contributed by atoms with Gasteiger partial charge >= 0.3 is 12.1 Å². The van der Waals surface area contributed by atoms with E-state index in [4.69, 9.17) is 21.4 Å². The fraction of sp³-hybridized carbons (Fsp3) is 0.308. The first-order valence-electron chi connectivity index (χ1n) is 11.6. The number of para-hydroxylation sites is 1. The first-order valence-corrected chi connectivity index (χ1v) is 12.4. The van der Waals surface area contributed by atoms with Crippen molar-refractivity contribution >= 4 is 39.7 Å². The zero-order chi connectivity index (χ0) is 28.3. The van der Waals surface area contributed by atoms with Gasteiger partial charge in [0.15, 0.2) is 0 Å². The van der Waals surface area contributed by atoms with Crippen LogP contribution in [-0.4, -0.2) is 63.8 Å². The molecule has 0 aliphatic carbocycles. The summed E-state index contributed by atoms with van der Waals surface area (Å²) in [7, 11) is 1.64. The molecule has 0 bridgehead atoms. The largest absolute Gasteiger partial charge is 0.490 e. The van der Waals surface area contributed by atoms with E-state index >= 15 is 0 Å². The van der Waals surface area contributed by atoms with Crippen LogP contribution in [0.1, 0.15) is 18.4 Å². The lowest BCUT2D eigenvalue weighted by molar-refractivity contribution is -0.192. The molecule has 0 saturated heterocycles. The summed E-state index contributed by atoms with van der Waals surface area (Å²) in [5.41, 5.74) is 13.7. The van der Waals surface area contributed by atoms with Crippen LogP contribution in [0.25, 0.3) is 10.9 Å². The third-order valence-electron chi connectivity index (χ3n) is 5.41. The molecule has 0 fully saturated rings. The molecule has 8 nitrogen and oxygen atoms in total. The van der Waals surface area contributed by atoms with E-state index < -0.39 is 24.2 Å². The first kappa shape index (κ1) is 30.7. The van der Waals surface area contributed by atoms with Crippen LogP contribution in [0.4, 0.5) is 13.2 Å². The number of thioether (sulfide) groups is 1. The molecule has 3 rings (SSSR count). The number of pyridine rings is 1. The number of carbonyl (C=O) groups is 3. The number of nitrogens with zero attached hydrogens (tertiary/aromatic N) is 2. The Balaban J connectivity index is 0.000000638. The van der Waals surface area contributed by atoms with Gasteiger partial charge < -0.3 is 21.5 Å². The third-order valence-corrected chi connectivity index (χ3v) is 6.34. The Bertz CT molecular complexity index is 1230. The van der Waals surface area contributed by atoms with Crippen molar-refractivity contribution in [2.45, 2.75) is 42.4 Å². The van der Waals surface area contributed by atoms with Gasteiger partial charge in [0, 0.05) is 23.5 Å². The Kier molecular flexibility index (Phi) is 11.7. The van der Waals surface area contributed by atoms with Crippen molar-refractivity contribution in [3.05, 3.63) is 72.4 Å². The molecular weight excluding hydrogens is 521 g/mol. The van der Waals surface area contributed by atoms with E-state index in [9.17, 15) is 22.8 Å². The standard InChI is InChI=1S/C24H28N4O2S.C2HF3O2/c1-28(23(29)20(26)14-17-8-3-2-4-9-17)22(12-7-13-25)24(30)31-19-15-18-10-5-6-11-21(18)27-16-19;3-2(4,5)1(6)7/h2-6,8-11,15-16,20,22H,7,12-14,25-26H2,1H3;(H,6,7)/t20-,22-;/m0./s1. The number of likely N-dealkylation sites (N-methyl/N-ethyl adjacent to an activating group) is 1. The molecule has 0 saturated carbocycles. The quantitative estimate of drug-likeness (QED) is 0.343. The second-order valence-electron chi connectivity index (χ2n) is 8.28. The number of fused-ring (bicyclic) bond motifs is 1. The number of aromatic nitrogens is 1. The van der Waals surface area contributed by atoms with Crippen LogP contribution < -0.4 is 11.5 Å².